The third kappa shape index (κ3) is 21.8. The van der Waals surface area contributed by atoms with Crippen molar-refractivity contribution in [2.24, 2.45) is 11.5 Å². The van der Waals surface area contributed by atoms with Gasteiger partial charge in [0.2, 0.25) is 5.91 Å². The topological polar surface area (TPSA) is 496 Å². The first-order valence-electron chi connectivity index (χ1n) is 48.5. The van der Waals surface area contributed by atoms with Gasteiger partial charge in [-0.15, -0.1) is 0 Å². The van der Waals surface area contributed by atoms with E-state index in [1.165, 1.54) is 40.8 Å². The molecule has 5 amide bonds. The summed E-state index contributed by atoms with van der Waals surface area (Å²) in [6, 6.07) is 60.2. The Hall–Kier alpha value is -15.7. The predicted molar refractivity (Wildman–Crippen MR) is 525 cm³/mol. The highest BCUT2D eigenvalue weighted by molar-refractivity contribution is 6.04. The number of aromatic carboxylic acids is 2. The van der Waals surface area contributed by atoms with Crippen LogP contribution in [-0.2, 0) is 162 Å². The van der Waals surface area contributed by atoms with Crippen molar-refractivity contribution in [1.82, 2.24) is 21.3 Å². The van der Waals surface area contributed by atoms with Crippen LogP contribution in [0.5, 0.6) is 0 Å². The maximum absolute atomic E-state index is 13.3. The number of amides is 5. The summed E-state index contributed by atoms with van der Waals surface area (Å²) in [5.41, 5.74) is 29.7. The molecular formula is C114H113N9O19. The number of nitrogens with zero attached hydrogens (tertiary/aromatic N) is 3. The van der Waals surface area contributed by atoms with E-state index in [9.17, 15) is 83.2 Å². The van der Waals surface area contributed by atoms with E-state index in [1.807, 2.05) is 72.8 Å². The van der Waals surface area contributed by atoms with Gasteiger partial charge in [-0.05, 0) is 345 Å². The summed E-state index contributed by atoms with van der Waals surface area (Å²) in [6.07, 6.45) is 22.7. The lowest BCUT2D eigenvalue weighted by Gasteiger charge is -2.29. The molecule has 0 heterocycles. The zero-order valence-corrected chi connectivity index (χ0v) is 79.4. The van der Waals surface area contributed by atoms with Crippen LogP contribution in [0.1, 0.15) is 279 Å². The van der Waals surface area contributed by atoms with Crippen molar-refractivity contribution in [1.29, 1.82) is 15.8 Å². The lowest BCUT2D eigenvalue weighted by molar-refractivity contribution is -0.150. The zero-order valence-electron chi connectivity index (χ0n) is 79.4. The Bertz CT molecular complexity index is 6740. The van der Waals surface area contributed by atoms with Gasteiger partial charge in [0.05, 0.1) is 59.2 Å². The molecule has 10 aliphatic carbocycles. The lowest BCUT2D eigenvalue weighted by Crippen LogP contribution is -2.56. The van der Waals surface area contributed by atoms with E-state index in [0.717, 1.165) is 205 Å². The second-order valence-electron chi connectivity index (χ2n) is 38.4. The summed E-state index contributed by atoms with van der Waals surface area (Å²) in [4.78, 5) is 147. The van der Waals surface area contributed by atoms with Gasteiger partial charge in [0, 0.05) is 92.0 Å². The molecule has 0 fully saturated rings. The number of aliphatic carboxylic acids is 3. The number of nitrogens with two attached hydrogens (primary N) is 2. The van der Waals surface area contributed by atoms with E-state index in [-0.39, 0.29) is 80.3 Å². The van der Waals surface area contributed by atoms with Gasteiger partial charge in [-0.2, -0.15) is 15.8 Å². The zero-order chi connectivity index (χ0) is 101. The molecule has 28 heteroatoms. The van der Waals surface area contributed by atoms with Gasteiger partial charge < -0.3 is 67.7 Å². The number of nitriles is 3. The van der Waals surface area contributed by atoms with Crippen LogP contribution in [-0.4, -0.2) is 138 Å². The smallest absolute Gasteiger partial charge is 0.335 e. The Balaban J connectivity index is 0.000000131. The molecule has 20 rings (SSSR count). The van der Waals surface area contributed by atoms with E-state index in [0.29, 0.717) is 87.9 Å². The fraction of sp³-hybridized carbons (Fsp3) is 0.342. The highest BCUT2D eigenvalue weighted by Crippen LogP contribution is 2.40. The van der Waals surface area contributed by atoms with Gasteiger partial charge in [-0.25, -0.2) is 28.8 Å². The van der Waals surface area contributed by atoms with Crippen LogP contribution >= 0.6 is 0 Å². The molecule has 5 unspecified atom stereocenters. The standard InChI is InChI=1S/C24H24N2O3.C22H22N2O4.C22H20N2O3.C22H21NO5.C13H14N2O2.C11H12O2/c1-2-29-23(28)24(13-18-11-10-16(15-25)12-19(18)14-24)26-22(27)21-9-5-7-17-6-3-4-8-20(17)21;23-19(25)14-8-9-15-11-22(21(27)28,12-16(15)10-14)24-20(26)18-7-3-5-13-4-1-2-6-17(13)18;23-13-14-8-9-16-11-22(21(26)27,12-17(16)10-14)24-20(25)19-7-3-5-15-4-1-2-6-18(15)19;24-19(18-7-3-5-13-4-1-2-6-17(13)18)23-22(21(27)28)11-15-9-8-14(20(25)26)10-16(15)12-22;1-2-17-12(16)13(15)6-10-4-3-9(8-14)5-11(10)7-13;12-11(13)10-7-3-5-8-4-1-2-6-9(8)10/h5,7,9-12H,2-4,6,8,13-14H2,1H3,(H,26,27);3,5,7-10H,1-2,4,6,11-12H2,(H2,23,25)(H,24,26)(H,27,28);3,5,7-10H,1-2,4,6,11-12H2,(H,24,25)(H,26,27);3,5,7-10H,1-2,4,6,11-12H2,(H,23,24)(H,25,26)(H,27,28);3-5H,2,6-7,15H2,1H3;3,5,7H,1-2,4,6H2,(H,12,13). The molecule has 728 valence electrons. The molecule has 0 aromatic heterocycles. The molecule has 142 heavy (non-hydrogen) atoms. The summed E-state index contributed by atoms with van der Waals surface area (Å²) in [5.74, 6) is -7.74. The number of hydrogen-bond donors (Lipinski definition) is 11. The fourth-order valence-corrected chi connectivity index (χ4v) is 21.9. The molecule has 28 nitrogen and oxygen atoms in total. The Morgan fingerprint density at radius 1 is 0.296 bits per heavy atom. The normalized spacial score (nSPS) is 19.8. The van der Waals surface area contributed by atoms with Crippen molar-refractivity contribution in [3.8, 4) is 18.2 Å². The number of carbonyl (C=O) groups excluding carboxylic acids is 7. The second-order valence-corrected chi connectivity index (χ2v) is 38.4. The number of rotatable bonds is 18. The number of primary amides is 1. The molecule has 0 aliphatic heterocycles. The van der Waals surface area contributed by atoms with Crippen LogP contribution in [0.4, 0.5) is 0 Å². The molecule has 0 saturated carbocycles. The van der Waals surface area contributed by atoms with Crippen molar-refractivity contribution in [2.75, 3.05) is 13.2 Å². The van der Waals surface area contributed by atoms with Gasteiger partial charge in [-0.1, -0.05) is 91.0 Å². The Morgan fingerprint density at radius 3 is 0.866 bits per heavy atom. The minimum absolute atomic E-state index is 0.0690. The number of aryl methyl sites for hydroxylation is 5. The van der Waals surface area contributed by atoms with Crippen molar-refractivity contribution in [3.05, 3.63) is 349 Å². The minimum atomic E-state index is -1.46. The number of hydrogen-bond acceptors (Lipinski definition) is 18. The molecule has 0 spiro atoms. The van der Waals surface area contributed by atoms with Crippen LogP contribution in [0, 0.1) is 34.0 Å². The Morgan fingerprint density at radius 2 is 0.549 bits per heavy atom. The van der Waals surface area contributed by atoms with E-state index in [2.05, 4.69) is 45.5 Å². The third-order valence-electron chi connectivity index (χ3n) is 29.1. The van der Waals surface area contributed by atoms with Crippen molar-refractivity contribution in [3.63, 3.8) is 0 Å². The summed E-state index contributed by atoms with van der Waals surface area (Å²) in [6.45, 7) is 4.10. The lowest BCUT2D eigenvalue weighted by atomic mass is 9.87. The van der Waals surface area contributed by atoms with Gasteiger partial charge >= 0.3 is 41.8 Å². The maximum Gasteiger partial charge on any atom is 0.335 e. The SMILES string of the molecule is CCOC(=O)C1(N)Cc2ccc(C#N)cc2C1.CCOC(=O)C1(NC(=O)c2cccc3c2CCCC3)Cc2ccc(C#N)cc2C1.N#Cc1ccc2c(c1)CC(NC(=O)c1cccc3c1CCCC3)(C(=O)O)C2.NC(=O)c1ccc2c(c1)CC(NC(=O)c1cccc3c1CCCC3)(C(=O)O)C2.O=C(O)c1ccc2c(c1)CC(NC(=O)c1cccc3c1CCCC3)(C(=O)O)C2.O=C(O)c1cccc2c1CCCC2. The van der Waals surface area contributed by atoms with E-state index in [4.69, 9.17) is 36.6 Å². The molecule has 0 radical (unpaired) electrons. The average molecular weight is 1910 g/mol. The van der Waals surface area contributed by atoms with Crippen molar-refractivity contribution in [2.45, 2.75) is 234 Å². The summed E-state index contributed by atoms with van der Waals surface area (Å²) >= 11 is 0. The van der Waals surface area contributed by atoms with Crippen LogP contribution in [0.15, 0.2) is 182 Å². The van der Waals surface area contributed by atoms with E-state index < -0.39 is 69.4 Å². The number of benzene rings is 10. The number of carboxylic acids is 5. The molecule has 13 N–H and O–H groups in total. The quantitative estimate of drug-likeness (QED) is 0.0355. The third-order valence-corrected chi connectivity index (χ3v) is 29.1. The summed E-state index contributed by atoms with van der Waals surface area (Å²) in [5, 5.41) is 86.4. The number of nitrogens with one attached hydrogen (secondary N) is 4. The number of fused-ring (bicyclic) bond motifs is 10. The predicted octanol–water partition coefficient (Wildman–Crippen LogP) is 13.9. The molecule has 0 saturated heterocycles. The maximum atomic E-state index is 13.3. The van der Waals surface area contributed by atoms with Crippen LogP contribution in [0.3, 0.4) is 0 Å². The molecular weight excluding hydrogens is 1800 g/mol. The van der Waals surface area contributed by atoms with Gasteiger partial charge in [0.25, 0.3) is 23.6 Å². The number of carboxylic acid groups (broad SMARTS) is 5. The van der Waals surface area contributed by atoms with Crippen molar-refractivity contribution < 1.29 is 92.5 Å². The van der Waals surface area contributed by atoms with Crippen molar-refractivity contribution >= 4 is 71.3 Å². The first-order valence-corrected chi connectivity index (χ1v) is 48.5. The Kier molecular flexibility index (Phi) is 30.7. The summed E-state index contributed by atoms with van der Waals surface area (Å²) in [7, 11) is 0. The highest BCUT2D eigenvalue weighted by atomic mass is 16.5. The number of carbonyl (C=O) groups is 12. The second kappa shape index (κ2) is 43.3. The van der Waals surface area contributed by atoms with E-state index >= 15 is 0 Å². The Labute approximate surface area is 822 Å². The molecule has 10 aromatic rings. The first-order chi connectivity index (χ1) is 68.2. The number of ether oxygens (including phenoxy) is 2. The monoisotopic (exact) mass is 1910 g/mol. The fourth-order valence-electron chi connectivity index (χ4n) is 21.9. The molecule has 10 aromatic carbocycles. The van der Waals surface area contributed by atoms with Crippen LogP contribution in [0.25, 0.3) is 0 Å². The van der Waals surface area contributed by atoms with E-state index in [1.54, 1.807) is 105 Å². The highest BCUT2D eigenvalue weighted by Gasteiger charge is 2.51. The average Bonchev–Trinajstić information content (AvgIpc) is 1.62. The first kappa shape index (κ1) is 101. The van der Waals surface area contributed by atoms with Crippen LogP contribution in [0.2, 0.25) is 0 Å². The molecule has 10 aliphatic rings. The van der Waals surface area contributed by atoms with Gasteiger partial charge in [0.15, 0.2) is 0 Å². The minimum Gasteiger partial charge on any atom is -0.479 e. The summed E-state index contributed by atoms with van der Waals surface area (Å²) < 4.78 is 10.3. The molecule has 5 atom stereocenters. The van der Waals surface area contributed by atoms with Crippen LogP contribution < -0.4 is 32.7 Å². The van der Waals surface area contributed by atoms with Gasteiger partial charge in [-0.3, -0.25) is 28.8 Å². The largest absolute Gasteiger partial charge is 0.479 e. The molecule has 0 bridgehead atoms. The number of esters is 2. The van der Waals surface area contributed by atoms with Gasteiger partial charge in [0.1, 0.15) is 27.7 Å².